The lowest BCUT2D eigenvalue weighted by Crippen LogP contribution is -2.28. The maximum absolute atomic E-state index is 12.9. The van der Waals surface area contributed by atoms with Crippen LogP contribution < -0.4 is 4.74 Å². The molecule has 0 aliphatic carbocycles. The molecular weight excluding hydrogens is 338 g/mol. The normalized spacial score (nSPS) is 16.5. The number of ether oxygens (including phenoxy) is 1. The van der Waals surface area contributed by atoms with Crippen molar-refractivity contribution in [2.24, 2.45) is 0 Å². The molecule has 1 saturated heterocycles. The summed E-state index contributed by atoms with van der Waals surface area (Å²) in [5, 5.41) is 7.64. The lowest BCUT2D eigenvalue weighted by atomic mass is 10.0. The smallest absolute Gasteiger partial charge is 0.257 e. The molecular formula is C22H23N3O2. The molecule has 27 heavy (non-hydrogen) atoms. The van der Waals surface area contributed by atoms with E-state index in [1.165, 1.54) is 5.56 Å². The second-order valence-electron chi connectivity index (χ2n) is 7.01. The van der Waals surface area contributed by atoms with Gasteiger partial charge in [-0.15, -0.1) is 0 Å². The molecule has 0 saturated carbocycles. The van der Waals surface area contributed by atoms with Crippen molar-refractivity contribution in [3.8, 4) is 17.0 Å². The summed E-state index contributed by atoms with van der Waals surface area (Å²) in [6, 6.07) is 17.8. The Bertz CT molecular complexity index is 946. The number of carbonyl (C=O) groups excluding carboxylic acids is 1. The van der Waals surface area contributed by atoms with Gasteiger partial charge in [-0.1, -0.05) is 42.0 Å². The van der Waals surface area contributed by atoms with Gasteiger partial charge in [0.2, 0.25) is 0 Å². The lowest BCUT2D eigenvalue weighted by molar-refractivity contribution is 0.0787. The van der Waals surface area contributed by atoms with E-state index in [4.69, 9.17) is 4.74 Å². The zero-order valence-electron chi connectivity index (χ0n) is 15.6. The minimum Gasteiger partial charge on any atom is -0.496 e. The number of likely N-dealkylation sites (tertiary alicyclic amines) is 1. The zero-order valence-corrected chi connectivity index (χ0v) is 15.6. The summed E-state index contributed by atoms with van der Waals surface area (Å²) in [6.45, 7) is 3.50. The second-order valence-corrected chi connectivity index (χ2v) is 7.01. The number of hydrogen-bond acceptors (Lipinski definition) is 3. The Morgan fingerprint density at radius 1 is 1.19 bits per heavy atom. The number of carbonyl (C=O) groups is 1. The van der Waals surface area contributed by atoms with Gasteiger partial charge in [0.05, 0.1) is 18.4 Å². The third-order valence-electron chi connectivity index (χ3n) is 5.20. The molecule has 1 aliphatic heterocycles. The zero-order chi connectivity index (χ0) is 18.8. The van der Waals surface area contributed by atoms with Gasteiger partial charge in [-0.05, 0) is 31.5 Å². The summed E-state index contributed by atoms with van der Waals surface area (Å²) in [5.41, 5.74) is 4.98. The Balaban J connectivity index is 1.48. The number of nitrogens with one attached hydrogen (secondary N) is 1. The van der Waals surface area contributed by atoms with Crippen LogP contribution in [0.15, 0.2) is 54.6 Å². The Labute approximate surface area is 159 Å². The molecule has 3 aromatic rings. The molecule has 1 N–H and O–H groups in total. The molecule has 2 aromatic carbocycles. The summed E-state index contributed by atoms with van der Waals surface area (Å²) in [4.78, 5) is 14.8. The summed E-state index contributed by atoms with van der Waals surface area (Å²) in [7, 11) is 1.59. The predicted octanol–water partition coefficient (Wildman–Crippen LogP) is 4.02. The number of methoxy groups -OCH3 is 1. The Morgan fingerprint density at radius 3 is 2.74 bits per heavy atom. The van der Waals surface area contributed by atoms with Crippen LogP contribution in [-0.4, -0.2) is 41.2 Å². The fraction of sp³-hybridized carbons (Fsp3) is 0.273. The van der Waals surface area contributed by atoms with Crippen LogP contribution in [0.2, 0.25) is 0 Å². The van der Waals surface area contributed by atoms with Crippen molar-refractivity contribution in [1.29, 1.82) is 0 Å². The van der Waals surface area contributed by atoms with E-state index in [0.717, 1.165) is 29.9 Å². The van der Waals surface area contributed by atoms with Crippen LogP contribution in [0.25, 0.3) is 11.3 Å². The molecule has 1 fully saturated rings. The van der Waals surface area contributed by atoms with E-state index in [9.17, 15) is 4.79 Å². The Morgan fingerprint density at radius 2 is 1.96 bits per heavy atom. The highest BCUT2D eigenvalue weighted by Gasteiger charge is 2.30. The van der Waals surface area contributed by atoms with Gasteiger partial charge >= 0.3 is 0 Å². The van der Waals surface area contributed by atoms with Crippen molar-refractivity contribution in [3.05, 3.63) is 71.4 Å². The number of hydrogen-bond donors (Lipinski definition) is 1. The van der Waals surface area contributed by atoms with Gasteiger partial charge < -0.3 is 9.64 Å². The molecule has 5 nitrogen and oxygen atoms in total. The third kappa shape index (κ3) is 3.45. The number of nitrogens with zero attached hydrogens (tertiary/aromatic N) is 2. The van der Waals surface area contributed by atoms with Crippen LogP contribution in [0.1, 0.15) is 34.0 Å². The monoisotopic (exact) mass is 361 g/mol. The number of rotatable bonds is 4. The first kappa shape index (κ1) is 17.3. The highest BCUT2D eigenvalue weighted by molar-refractivity contribution is 5.97. The van der Waals surface area contributed by atoms with Crippen molar-refractivity contribution in [2.45, 2.75) is 19.3 Å². The standard InChI is InChI=1S/C22H23N3O2/c1-15-7-9-16(10-8-15)19-13-20(24-23-19)17-11-12-25(14-17)22(26)18-5-3-4-6-21(18)27-2/h3-10,13,17H,11-12,14H2,1-2H3,(H,23,24)/t17-/m1/s1. The third-order valence-corrected chi connectivity index (χ3v) is 5.20. The number of amides is 1. The molecule has 1 amide bonds. The molecule has 1 aliphatic rings. The molecule has 5 heteroatoms. The number of benzene rings is 2. The van der Waals surface area contributed by atoms with Crippen LogP contribution in [0.5, 0.6) is 5.75 Å². The lowest BCUT2D eigenvalue weighted by Gasteiger charge is -2.17. The predicted molar refractivity (Wildman–Crippen MR) is 105 cm³/mol. The van der Waals surface area contributed by atoms with E-state index in [0.29, 0.717) is 17.9 Å². The van der Waals surface area contributed by atoms with Crippen LogP contribution >= 0.6 is 0 Å². The van der Waals surface area contributed by atoms with Gasteiger partial charge in [0, 0.05) is 30.3 Å². The van der Waals surface area contributed by atoms with Gasteiger partial charge in [-0.2, -0.15) is 5.10 Å². The molecule has 0 bridgehead atoms. The van der Waals surface area contributed by atoms with E-state index in [-0.39, 0.29) is 11.8 Å². The first-order valence-corrected chi connectivity index (χ1v) is 9.20. The number of para-hydroxylation sites is 1. The average molecular weight is 361 g/mol. The fourth-order valence-corrected chi connectivity index (χ4v) is 3.61. The van der Waals surface area contributed by atoms with Gasteiger partial charge in [-0.25, -0.2) is 0 Å². The topological polar surface area (TPSA) is 58.2 Å². The number of aryl methyl sites for hydroxylation is 1. The maximum Gasteiger partial charge on any atom is 0.257 e. The number of aromatic amines is 1. The summed E-state index contributed by atoms with van der Waals surface area (Å²) >= 11 is 0. The second kappa shape index (κ2) is 7.27. The SMILES string of the molecule is COc1ccccc1C(=O)N1CC[C@@H](c2cc(-c3ccc(C)cc3)n[nH]2)C1. The fourth-order valence-electron chi connectivity index (χ4n) is 3.61. The average Bonchev–Trinajstić information content (AvgIpc) is 3.37. The molecule has 0 radical (unpaired) electrons. The van der Waals surface area contributed by atoms with E-state index >= 15 is 0 Å². The van der Waals surface area contributed by atoms with Crippen LogP contribution in [0, 0.1) is 6.92 Å². The van der Waals surface area contributed by atoms with E-state index in [2.05, 4.69) is 47.5 Å². The number of aromatic nitrogens is 2. The first-order chi connectivity index (χ1) is 13.2. The summed E-state index contributed by atoms with van der Waals surface area (Å²) in [5.74, 6) is 0.915. The van der Waals surface area contributed by atoms with Crippen molar-refractivity contribution < 1.29 is 9.53 Å². The number of H-pyrrole nitrogens is 1. The van der Waals surface area contributed by atoms with Crippen LogP contribution in [0.3, 0.4) is 0 Å². The van der Waals surface area contributed by atoms with Crippen LogP contribution in [0.4, 0.5) is 0 Å². The summed E-state index contributed by atoms with van der Waals surface area (Å²) in [6.07, 6.45) is 0.927. The molecule has 1 atom stereocenters. The van der Waals surface area contributed by atoms with Crippen molar-refractivity contribution in [2.75, 3.05) is 20.2 Å². The minimum atomic E-state index is 0.0215. The molecule has 138 valence electrons. The van der Waals surface area contributed by atoms with E-state index < -0.39 is 0 Å². The van der Waals surface area contributed by atoms with Crippen molar-refractivity contribution >= 4 is 5.91 Å². The van der Waals surface area contributed by atoms with Gasteiger partial charge in [0.25, 0.3) is 5.91 Å². The maximum atomic E-state index is 12.9. The summed E-state index contributed by atoms with van der Waals surface area (Å²) < 4.78 is 5.33. The first-order valence-electron chi connectivity index (χ1n) is 9.20. The molecule has 4 rings (SSSR count). The Kier molecular flexibility index (Phi) is 4.67. The van der Waals surface area contributed by atoms with Gasteiger partial charge in [0.15, 0.2) is 0 Å². The van der Waals surface area contributed by atoms with Gasteiger partial charge in [0.1, 0.15) is 5.75 Å². The van der Waals surface area contributed by atoms with Crippen LogP contribution in [-0.2, 0) is 0 Å². The molecule has 1 aromatic heterocycles. The van der Waals surface area contributed by atoms with Crippen molar-refractivity contribution in [1.82, 2.24) is 15.1 Å². The van der Waals surface area contributed by atoms with Crippen molar-refractivity contribution in [3.63, 3.8) is 0 Å². The van der Waals surface area contributed by atoms with E-state index in [1.54, 1.807) is 7.11 Å². The minimum absolute atomic E-state index is 0.0215. The van der Waals surface area contributed by atoms with E-state index in [1.807, 2.05) is 29.2 Å². The quantitative estimate of drug-likeness (QED) is 0.763. The molecule has 2 heterocycles. The molecule has 0 unspecified atom stereocenters. The highest BCUT2D eigenvalue weighted by atomic mass is 16.5. The van der Waals surface area contributed by atoms with Gasteiger partial charge in [-0.3, -0.25) is 9.89 Å². The Hall–Kier alpha value is -3.08. The largest absolute Gasteiger partial charge is 0.496 e. The molecule has 0 spiro atoms. The highest BCUT2D eigenvalue weighted by Crippen LogP contribution is 2.30.